The molecule has 0 aromatic rings. The van der Waals surface area contributed by atoms with E-state index in [9.17, 15) is 0 Å². The lowest BCUT2D eigenvalue weighted by Crippen LogP contribution is -2.63. The Balaban J connectivity index is 2.64. The van der Waals surface area contributed by atoms with E-state index in [4.69, 9.17) is 0 Å². The van der Waals surface area contributed by atoms with Crippen molar-refractivity contribution in [1.29, 1.82) is 0 Å². The predicted octanol–water partition coefficient (Wildman–Crippen LogP) is 2.89. The van der Waals surface area contributed by atoms with E-state index in [1.54, 1.807) is 0 Å². The normalized spacial score (nSPS) is 26.2. The molecule has 1 aliphatic rings. The zero-order valence-electron chi connectivity index (χ0n) is 11.8. The summed E-state index contributed by atoms with van der Waals surface area (Å²) in [5, 5.41) is 3.65. The summed E-state index contributed by atoms with van der Waals surface area (Å²) in [6.45, 7) is 15.3. The maximum absolute atomic E-state index is 3.65. The highest BCUT2D eigenvalue weighted by Crippen LogP contribution is 2.27. The van der Waals surface area contributed by atoms with Crippen LogP contribution in [0.4, 0.5) is 0 Å². The number of rotatable bonds is 5. The molecular weight excluding hydrogens is 196 g/mol. The molecule has 1 atom stereocenters. The van der Waals surface area contributed by atoms with Gasteiger partial charge in [0.05, 0.1) is 0 Å². The molecule has 1 unspecified atom stereocenters. The van der Waals surface area contributed by atoms with Gasteiger partial charge in [0.25, 0.3) is 0 Å². The second-order valence-electron chi connectivity index (χ2n) is 5.84. The van der Waals surface area contributed by atoms with E-state index in [1.165, 1.54) is 38.9 Å². The van der Waals surface area contributed by atoms with Crippen LogP contribution in [0, 0.1) is 5.92 Å². The smallest absolute Gasteiger partial charge is 0.0329 e. The highest BCUT2D eigenvalue weighted by molar-refractivity contribution is 4.96. The molecule has 1 N–H and O–H groups in total. The topological polar surface area (TPSA) is 15.3 Å². The summed E-state index contributed by atoms with van der Waals surface area (Å²) in [5.41, 5.74) is 0.418. The van der Waals surface area contributed by atoms with E-state index < -0.39 is 0 Å². The number of piperazine rings is 1. The van der Waals surface area contributed by atoms with E-state index in [-0.39, 0.29) is 0 Å². The van der Waals surface area contributed by atoms with Crippen molar-refractivity contribution in [3.63, 3.8) is 0 Å². The van der Waals surface area contributed by atoms with Crippen LogP contribution in [0.25, 0.3) is 0 Å². The van der Waals surface area contributed by atoms with Gasteiger partial charge in [-0.05, 0) is 38.6 Å². The summed E-state index contributed by atoms with van der Waals surface area (Å²) in [7, 11) is 0. The molecular formula is C14H30N2. The highest BCUT2D eigenvalue weighted by Gasteiger charge is 2.37. The molecule has 0 saturated carbocycles. The molecule has 1 fully saturated rings. The first-order valence-electron chi connectivity index (χ1n) is 7.02. The van der Waals surface area contributed by atoms with Gasteiger partial charge in [0.1, 0.15) is 0 Å². The van der Waals surface area contributed by atoms with Gasteiger partial charge in [0, 0.05) is 24.7 Å². The van der Waals surface area contributed by atoms with Crippen LogP contribution in [-0.4, -0.2) is 36.1 Å². The van der Waals surface area contributed by atoms with Gasteiger partial charge < -0.3 is 5.32 Å². The van der Waals surface area contributed by atoms with Crippen molar-refractivity contribution in [1.82, 2.24) is 10.2 Å². The minimum Gasteiger partial charge on any atom is -0.311 e. The number of nitrogens with zero attached hydrogens (tertiary/aromatic N) is 1. The maximum atomic E-state index is 3.65. The third-order valence-electron chi connectivity index (χ3n) is 4.24. The van der Waals surface area contributed by atoms with Crippen LogP contribution < -0.4 is 5.32 Å². The first kappa shape index (κ1) is 14.0. The molecule has 1 saturated heterocycles. The standard InChI is InChI=1S/C14H30N2/c1-6-14(7-2)11-15-13(5)10-16(14)9-8-12(3)4/h12-13,15H,6-11H2,1-5H3. The molecule has 0 aromatic carbocycles. The zero-order chi connectivity index (χ0) is 12.2. The number of hydrogen-bond acceptors (Lipinski definition) is 2. The van der Waals surface area contributed by atoms with Crippen LogP contribution in [0.15, 0.2) is 0 Å². The molecule has 1 aliphatic heterocycles. The van der Waals surface area contributed by atoms with Gasteiger partial charge in [-0.15, -0.1) is 0 Å². The van der Waals surface area contributed by atoms with E-state index in [0.717, 1.165) is 5.92 Å². The zero-order valence-corrected chi connectivity index (χ0v) is 11.8. The fraction of sp³-hybridized carbons (Fsp3) is 1.00. The molecule has 0 bridgehead atoms. The monoisotopic (exact) mass is 226 g/mol. The molecule has 0 aliphatic carbocycles. The molecule has 96 valence electrons. The van der Waals surface area contributed by atoms with Crippen molar-refractivity contribution in [2.75, 3.05) is 19.6 Å². The van der Waals surface area contributed by atoms with Crippen molar-refractivity contribution in [2.24, 2.45) is 5.92 Å². The Morgan fingerprint density at radius 2 is 1.94 bits per heavy atom. The molecule has 1 heterocycles. The van der Waals surface area contributed by atoms with Gasteiger partial charge in [-0.25, -0.2) is 0 Å². The van der Waals surface area contributed by atoms with Gasteiger partial charge in [-0.3, -0.25) is 4.90 Å². The van der Waals surface area contributed by atoms with Crippen LogP contribution >= 0.6 is 0 Å². The lowest BCUT2D eigenvalue weighted by Gasteiger charge is -2.49. The Kier molecular flexibility index (Phi) is 5.26. The molecule has 16 heavy (non-hydrogen) atoms. The van der Waals surface area contributed by atoms with Crippen LogP contribution in [-0.2, 0) is 0 Å². The molecule has 0 radical (unpaired) electrons. The maximum Gasteiger partial charge on any atom is 0.0329 e. The Morgan fingerprint density at radius 1 is 1.31 bits per heavy atom. The Bertz CT molecular complexity index is 197. The first-order chi connectivity index (χ1) is 7.54. The molecule has 0 aromatic heterocycles. The van der Waals surface area contributed by atoms with Gasteiger partial charge in [-0.2, -0.15) is 0 Å². The van der Waals surface area contributed by atoms with Crippen molar-refractivity contribution in [2.45, 2.75) is 65.5 Å². The Hall–Kier alpha value is -0.0800. The largest absolute Gasteiger partial charge is 0.311 e. The lowest BCUT2D eigenvalue weighted by atomic mass is 9.87. The molecule has 1 rings (SSSR count). The van der Waals surface area contributed by atoms with Crippen molar-refractivity contribution in [3.05, 3.63) is 0 Å². The van der Waals surface area contributed by atoms with Crippen LogP contribution in [0.1, 0.15) is 53.9 Å². The average Bonchev–Trinajstić information content (AvgIpc) is 2.27. The summed E-state index contributed by atoms with van der Waals surface area (Å²) in [6.07, 6.45) is 3.86. The molecule has 0 amide bonds. The summed E-state index contributed by atoms with van der Waals surface area (Å²) in [5.74, 6) is 0.816. The SMILES string of the molecule is CCC1(CC)CNC(C)CN1CCC(C)C. The summed E-state index contributed by atoms with van der Waals surface area (Å²) < 4.78 is 0. The quantitative estimate of drug-likeness (QED) is 0.775. The summed E-state index contributed by atoms with van der Waals surface area (Å²) >= 11 is 0. The van der Waals surface area contributed by atoms with Gasteiger partial charge in [0.15, 0.2) is 0 Å². The number of nitrogens with one attached hydrogen (secondary N) is 1. The van der Waals surface area contributed by atoms with Crippen LogP contribution in [0.5, 0.6) is 0 Å². The number of hydrogen-bond donors (Lipinski definition) is 1. The van der Waals surface area contributed by atoms with Gasteiger partial charge in [-0.1, -0.05) is 27.7 Å². The van der Waals surface area contributed by atoms with E-state index in [2.05, 4.69) is 44.8 Å². The van der Waals surface area contributed by atoms with Crippen molar-refractivity contribution < 1.29 is 0 Å². The average molecular weight is 226 g/mol. The van der Waals surface area contributed by atoms with Crippen LogP contribution in [0.3, 0.4) is 0 Å². The first-order valence-corrected chi connectivity index (χ1v) is 7.02. The minimum atomic E-state index is 0.418. The fourth-order valence-electron chi connectivity index (χ4n) is 2.75. The van der Waals surface area contributed by atoms with Crippen molar-refractivity contribution in [3.8, 4) is 0 Å². The minimum absolute atomic E-state index is 0.418. The van der Waals surface area contributed by atoms with Crippen LogP contribution in [0.2, 0.25) is 0 Å². The Labute approximate surface area is 102 Å². The van der Waals surface area contributed by atoms with E-state index in [1.807, 2.05) is 0 Å². The second-order valence-corrected chi connectivity index (χ2v) is 5.84. The second kappa shape index (κ2) is 6.02. The predicted molar refractivity (Wildman–Crippen MR) is 71.8 cm³/mol. The summed E-state index contributed by atoms with van der Waals surface area (Å²) in [4.78, 5) is 2.74. The third kappa shape index (κ3) is 3.21. The fourth-order valence-corrected chi connectivity index (χ4v) is 2.75. The molecule has 2 heteroatoms. The third-order valence-corrected chi connectivity index (χ3v) is 4.24. The molecule has 0 spiro atoms. The highest BCUT2D eigenvalue weighted by atomic mass is 15.3. The Morgan fingerprint density at radius 3 is 2.44 bits per heavy atom. The summed E-state index contributed by atoms with van der Waals surface area (Å²) in [6, 6.07) is 0.651. The van der Waals surface area contributed by atoms with Crippen molar-refractivity contribution >= 4 is 0 Å². The van der Waals surface area contributed by atoms with E-state index in [0.29, 0.717) is 11.6 Å². The van der Waals surface area contributed by atoms with Gasteiger partial charge in [0.2, 0.25) is 0 Å². The lowest BCUT2D eigenvalue weighted by molar-refractivity contribution is 0.0314. The van der Waals surface area contributed by atoms with Gasteiger partial charge >= 0.3 is 0 Å². The van der Waals surface area contributed by atoms with E-state index >= 15 is 0 Å². The molecule has 2 nitrogen and oxygen atoms in total.